The molecule has 1 aliphatic rings. The number of hydrogen-bond acceptors (Lipinski definition) is 3. The van der Waals surface area contributed by atoms with Gasteiger partial charge in [0.15, 0.2) is 0 Å². The highest BCUT2D eigenvalue weighted by atomic mass is 32.2. The summed E-state index contributed by atoms with van der Waals surface area (Å²) in [5, 5.41) is 3.08. The van der Waals surface area contributed by atoms with Crippen molar-refractivity contribution >= 4 is 10.0 Å². The van der Waals surface area contributed by atoms with Crippen LogP contribution in [-0.4, -0.2) is 27.5 Å². The van der Waals surface area contributed by atoms with Gasteiger partial charge in [-0.05, 0) is 57.5 Å². The molecule has 0 spiro atoms. The SMILES string of the molecule is CNCCc1ccc(S(=O)(=O)NC2(C)CCCC2)cc1. The zero-order chi connectivity index (χ0) is 14.6. The van der Waals surface area contributed by atoms with Crippen molar-refractivity contribution in [3.63, 3.8) is 0 Å². The molecule has 0 radical (unpaired) electrons. The van der Waals surface area contributed by atoms with Crippen molar-refractivity contribution < 1.29 is 8.42 Å². The van der Waals surface area contributed by atoms with E-state index in [0.29, 0.717) is 4.90 Å². The maximum atomic E-state index is 12.4. The van der Waals surface area contributed by atoms with Gasteiger partial charge in [0.25, 0.3) is 0 Å². The molecule has 0 heterocycles. The molecule has 0 saturated heterocycles. The fraction of sp³-hybridized carbons (Fsp3) is 0.600. The van der Waals surface area contributed by atoms with Crippen LogP contribution in [0.25, 0.3) is 0 Å². The minimum Gasteiger partial charge on any atom is -0.319 e. The minimum atomic E-state index is -3.41. The lowest BCUT2D eigenvalue weighted by atomic mass is 10.0. The molecule has 0 aliphatic heterocycles. The van der Waals surface area contributed by atoms with E-state index in [1.165, 1.54) is 0 Å². The second-order valence-electron chi connectivity index (χ2n) is 5.87. The molecule has 0 amide bonds. The lowest BCUT2D eigenvalue weighted by Gasteiger charge is -2.24. The molecule has 1 aromatic carbocycles. The van der Waals surface area contributed by atoms with Gasteiger partial charge >= 0.3 is 0 Å². The van der Waals surface area contributed by atoms with Gasteiger partial charge in [-0.1, -0.05) is 25.0 Å². The van der Waals surface area contributed by atoms with Crippen LogP contribution in [0.15, 0.2) is 29.2 Å². The van der Waals surface area contributed by atoms with Crippen LogP contribution in [0, 0.1) is 0 Å². The van der Waals surface area contributed by atoms with Gasteiger partial charge in [-0.25, -0.2) is 13.1 Å². The molecule has 0 unspecified atom stereocenters. The first-order valence-corrected chi connectivity index (χ1v) is 8.71. The molecule has 1 aliphatic carbocycles. The fourth-order valence-corrected chi connectivity index (χ4v) is 4.21. The van der Waals surface area contributed by atoms with Gasteiger partial charge in [-0.2, -0.15) is 0 Å². The predicted molar refractivity (Wildman–Crippen MR) is 81.3 cm³/mol. The first-order chi connectivity index (χ1) is 9.45. The molecule has 4 nitrogen and oxygen atoms in total. The molecular weight excluding hydrogens is 272 g/mol. The van der Waals surface area contributed by atoms with Gasteiger partial charge in [0, 0.05) is 5.54 Å². The Bertz CT molecular complexity index is 531. The standard InChI is InChI=1S/C15H24N2O2S/c1-15(10-3-4-11-15)17-20(18,19)14-7-5-13(6-8-14)9-12-16-2/h5-8,16-17H,3-4,9-12H2,1-2H3. The molecule has 5 heteroatoms. The summed E-state index contributed by atoms with van der Waals surface area (Å²) in [4.78, 5) is 0.360. The quantitative estimate of drug-likeness (QED) is 0.845. The second kappa shape index (κ2) is 6.24. The van der Waals surface area contributed by atoms with Crippen molar-refractivity contribution in [2.75, 3.05) is 13.6 Å². The van der Waals surface area contributed by atoms with Crippen molar-refractivity contribution in [1.29, 1.82) is 0 Å². The summed E-state index contributed by atoms with van der Waals surface area (Å²) >= 11 is 0. The highest BCUT2D eigenvalue weighted by molar-refractivity contribution is 7.89. The Morgan fingerprint density at radius 2 is 1.75 bits per heavy atom. The fourth-order valence-electron chi connectivity index (χ4n) is 2.75. The van der Waals surface area contributed by atoms with E-state index in [9.17, 15) is 8.42 Å². The summed E-state index contributed by atoms with van der Waals surface area (Å²) in [6.07, 6.45) is 4.95. The lowest BCUT2D eigenvalue weighted by molar-refractivity contribution is 0.427. The molecule has 1 saturated carbocycles. The number of nitrogens with one attached hydrogen (secondary N) is 2. The van der Waals surface area contributed by atoms with Crippen molar-refractivity contribution in [3.05, 3.63) is 29.8 Å². The number of likely N-dealkylation sites (N-methyl/N-ethyl adjacent to an activating group) is 1. The molecule has 112 valence electrons. The van der Waals surface area contributed by atoms with E-state index >= 15 is 0 Å². The number of hydrogen-bond donors (Lipinski definition) is 2. The zero-order valence-electron chi connectivity index (χ0n) is 12.3. The maximum absolute atomic E-state index is 12.4. The first-order valence-electron chi connectivity index (χ1n) is 7.23. The van der Waals surface area contributed by atoms with Crippen LogP contribution in [-0.2, 0) is 16.4 Å². The van der Waals surface area contributed by atoms with Gasteiger partial charge in [-0.15, -0.1) is 0 Å². The van der Waals surface area contributed by atoms with Crippen molar-refractivity contribution in [2.24, 2.45) is 0 Å². The third-order valence-corrected chi connectivity index (χ3v) is 5.64. The van der Waals surface area contributed by atoms with E-state index in [2.05, 4.69) is 10.0 Å². The van der Waals surface area contributed by atoms with Gasteiger partial charge in [0.1, 0.15) is 0 Å². The van der Waals surface area contributed by atoms with E-state index in [1.54, 1.807) is 12.1 Å². The predicted octanol–water partition coefficient (Wildman–Crippen LogP) is 2.06. The average Bonchev–Trinajstić information content (AvgIpc) is 2.82. The van der Waals surface area contributed by atoms with Crippen LogP contribution in [0.5, 0.6) is 0 Å². The minimum absolute atomic E-state index is 0.274. The summed E-state index contributed by atoms with van der Waals surface area (Å²) in [5.74, 6) is 0. The lowest BCUT2D eigenvalue weighted by Crippen LogP contribution is -2.43. The van der Waals surface area contributed by atoms with Gasteiger partial charge in [-0.3, -0.25) is 0 Å². The molecule has 1 aromatic rings. The number of benzene rings is 1. The van der Waals surface area contributed by atoms with E-state index < -0.39 is 10.0 Å². The van der Waals surface area contributed by atoms with Crippen molar-refractivity contribution in [1.82, 2.24) is 10.0 Å². The Morgan fingerprint density at radius 1 is 1.15 bits per heavy atom. The Morgan fingerprint density at radius 3 is 2.30 bits per heavy atom. The Labute approximate surface area is 122 Å². The number of sulfonamides is 1. The number of rotatable bonds is 6. The third kappa shape index (κ3) is 3.81. The summed E-state index contributed by atoms with van der Waals surface area (Å²) < 4.78 is 27.7. The zero-order valence-corrected chi connectivity index (χ0v) is 13.1. The Balaban J connectivity index is 2.09. The molecule has 0 bridgehead atoms. The molecule has 2 N–H and O–H groups in total. The molecule has 0 aromatic heterocycles. The highest BCUT2D eigenvalue weighted by Gasteiger charge is 2.33. The Hall–Kier alpha value is -0.910. The summed E-state index contributed by atoms with van der Waals surface area (Å²) in [5.41, 5.74) is 0.870. The van der Waals surface area contributed by atoms with Crippen LogP contribution in [0.4, 0.5) is 0 Å². The Kier molecular flexibility index (Phi) is 4.83. The largest absolute Gasteiger partial charge is 0.319 e. The first kappa shape index (κ1) is 15.5. The van der Waals surface area contributed by atoms with Gasteiger partial charge < -0.3 is 5.32 Å². The third-order valence-electron chi connectivity index (χ3n) is 3.99. The highest BCUT2D eigenvalue weighted by Crippen LogP contribution is 2.30. The van der Waals surface area contributed by atoms with Crippen LogP contribution >= 0.6 is 0 Å². The topological polar surface area (TPSA) is 58.2 Å². The summed E-state index contributed by atoms with van der Waals surface area (Å²) in [6, 6.07) is 7.18. The molecule has 1 fully saturated rings. The molecule has 20 heavy (non-hydrogen) atoms. The van der Waals surface area contributed by atoms with Gasteiger partial charge in [0.2, 0.25) is 10.0 Å². The van der Waals surface area contributed by atoms with Crippen LogP contribution in [0.1, 0.15) is 38.2 Å². The van der Waals surface area contributed by atoms with E-state index in [-0.39, 0.29) is 5.54 Å². The summed E-state index contributed by atoms with van der Waals surface area (Å²) in [6.45, 7) is 2.89. The average molecular weight is 296 g/mol. The summed E-state index contributed by atoms with van der Waals surface area (Å²) in [7, 11) is -1.50. The smallest absolute Gasteiger partial charge is 0.241 e. The molecular formula is C15H24N2O2S. The van der Waals surface area contributed by atoms with Crippen LogP contribution < -0.4 is 10.0 Å². The van der Waals surface area contributed by atoms with E-state index in [4.69, 9.17) is 0 Å². The molecule has 0 atom stereocenters. The normalized spacial score (nSPS) is 18.3. The van der Waals surface area contributed by atoms with Crippen molar-refractivity contribution in [2.45, 2.75) is 49.5 Å². The molecule has 2 rings (SSSR count). The monoisotopic (exact) mass is 296 g/mol. The maximum Gasteiger partial charge on any atom is 0.241 e. The van der Waals surface area contributed by atoms with Crippen LogP contribution in [0.3, 0.4) is 0 Å². The second-order valence-corrected chi connectivity index (χ2v) is 7.55. The van der Waals surface area contributed by atoms with E-state index in [0.717, 1.165) is 44.2 Å². The van der Waals surface area contributed by atoms with E-state index in [1.807, 2.05) is 26.1 Å². The van der Waals surface area contributed by atoms with Gasteiger partial charge in [0.05, 0.1) is 4.90 Å². The van der Waals surface area contributed by atoms with Crippen molar-refractivity contribution in [3.8, 4) is 0 Å². The van der Waals surface area contributed by atoms with Crippen LogP contribution in [0.2, 0.25) is 0 Å².